The van der Waals surface area contributed by atoms with Gasteiger partial charge < -0.3 is 9.47 Å². The number of aromatic nitrogens is 3. The van der Waals surface area contributed by atoms with Crippen LogP contribution in [-0.4, -0.2) is 29.2 Å². The first-order chi connectivity index (χ1) is 8.26. The quantitative estimate of drug-likeness (QED) is 0.758. The molecule has 0 aromatic carbocycles. The Labute approximate surface area is 97.3 Å². The molecule has 0 saturated carbocycles. The maximum atomic E-state index is 13.5. The van der Waals surface area contributed by atoms with Crippen molar-refractivity contribution in [1.82, 2.24) is 15.0 Å². The Balaban J connectivity index is 2.56. The van der Waals surface area contributed by atoms with E-state index in [1.54, 1.807) is 12.1 Å². The van der Waals surface area contributed by atoms with Gasteiger partial charge in [-0.15, -0.1) is 0 Å². The lowest BCUT2D eigenvalue weighted by atomic mass is 10.1. The summed E-state index contributed by atoms with van der Waals surface area (Å²) in [6.45, 7) is 0. The number of pyridine rings is 1. The summed E-state index contributed by atoms with van der Waals surface area (Å²) in [7, 11) is 2.89. The van der Waals surface area contributed by atoms with Crippen molar-refractivity contribution >= 4 is 0 Å². The summed E-state index contributed by atoms with van der Waals surface area (Å²) >= 11 is 0. The van der Waals surface area contributed by atoms with Crippen LogP contribution < -0.4 is 9.47 Å². The molecule has 2 aromatic rings. The first-order valence-corrected chi connectivity index (χ1v) is 4.82. The lowest BCUT2D eigenvalue weighted by Gasteiger charge is -2.08. The number of ether oxygens (including phenoxy) is 2. The summed E-state index contributed by atoms with van der Waals surface area (Å²) in [4.78, 5) is 11.5. The number of hydrogen-bond donors (Lipinski definition) is 0. The fourth-order valence-electron chi connectivity index (χ4n) is 1.38. The van der Waals surface area contributed by atoms with Crippen molar-refractivity contribution in [2.45, 2.75) is 0 Å². The zero-order chi connectivity index (χ0) is 12.3. The SMILES string of the molecule is COc1ncc(-c2cccnc2F)c(OC)n1. The highest BCUT2D eigenvalue weighted by Gasteiger charge is 2.14. The molecule has 2 aromatic heterocycles. The van der Waals surface area contributed by atoms with Crippen molar-refractivity contribution < 1.29 is 13.9 Å². The summed E-state index contributed by atoms with van der Waals surface area (Å²) in [5.41, 5.74) is 0.714. The van der Waals surface area contributed by atoms with E-state index < -0.39 is 5.95 Å². The molecule has 0 amide bonds. The van der Waals surface area contributed by atoms with E-state index in [1.165, 1.54) is 26.6 Å². The molecule has 0 spiro atoms. The van der Waals surface area contributed by atoms with Crippen LogP contribution in [0.1, 0.15) is 0 Å². The number of rotatable bonds is 3. The van der Waals surface area contributed by atoms with Gasteiger partial charge in [0, 0.05) is 18.0 Å². The third-order valence-corrected chi connectivity index (χ3v) is 2.16. The van der Waals surface area contributed by atoms with E-state index >= 15 is 0 Å². The largest absolute Gasteiger partial charge is 0.480 e. The van der Waals surface area contributed by atoms with E-state index in [1.807, 2.05) is 0 Å². The molecule has 0 aliphatic heterocycles. The molecule has 2 rings (SSSR count). The predicted octanol–water partition coefficient (Wildman–Crippen LogP) is 1.69. The standard InChI is InChI=1S/C11H10FN3O2/c1-16-10-8(6-14-11(15-10)17-2)7-4-3-5-13-9(7)12/h3-6H,1-2H3. The van der Waals surface area contributed by atoms with E-state index in [2.05, 4.69) is 15.0 Å². The number of halogens is 1. The van der Waals surface area contributed by atoms with Gasteiger partial charge in [-0.25, -0.2) is 9.97 Å². The van der Waals surface area contributed by atoms with Gasteiger partial charge in [-0.05, 0) is 12.1 Å². The molecule has 0 radical (unpaired) electrons. The summed E-state index contributed by atoms with van der Waals surface area (Å²) in [6, 6.07) is 3.37. The van der Waals surface area contributed by atoms with Crippen LogP contribution >= 0.6 is 0 Å². The average molecular weight is 235 g/mol. The molecule has 5 nitrogen and oxygen atoms in total. The molecule has 0 aliphatic carbocycles. The second kappa shape index (κ2) is 4.73. The molecule has 0 unspecified atom stereocenters. The van der Waals surface area contributed by atoms with Crippen molar-refractivity contribution in [3.05, 3.63) is 30.5 Å². The fraction of sp³-hybridized carbons (Fsp3) is 0.182. The van der Waals surface area contributed by atoms with Gasteiger partial charge in [0.15, 0.2) is 0 Å². The van der Waals surface area contributed by atoms with Crippen LogP contribution in [0, 0.1) is 5.95 Å². The Morgan fingerprint density at radius 3 is 2.59 bits per heavy atom. The summed E-state index contributed by atoms with van der Waals surface area (Å²) in [5.74, 6) is -0.358. The lowest BCUT2D eigenvalue weighted by molar-refractivity contribution is 0.353. The number of hydrogen-bond acceptors (Lipinski definition) is 5. The molecule has 0 N–H and O–H groups in total. The molecule has 0 bridgehead atoms. The molecular formula is C11H10FN3O2. The van der Waals surface area contributed by atoms with Gasteiger partial charge in [0.25, 0.3) is 0 Å². The second-order valence-corrected chi connectivity index (χ2v) is 3.12. The van der Waals surface area contributed by atoms with Crippen LogP contribution in [0.5, 0.6) is 11.9 Å². The third-order valence-electron chi connectivity index (χ3n) is 2.16. The second-order valence-electron chi connectivity index (χ2n) is 3.12. The van der Waals surface area contributed by atoms with Gasteiger partial charge in [-0.1, -0.05) is 0 Å². The normalized spacial score (nSPS) is 10.1. The maximum absolute atomic E-state index is 13.5. The minimum atomic E-state index is -0.598. The Hall–Kier alpha value is -2.24. The van der Waals surface area contributed by atoms with E-state index in [0.717, 1.165) is 0 Å². The summed E-state index contributed by atoms with van der Waals surface area (Å²) < 4.78 is 23.5. The first kappa shape index (κ1) is 11.3. The van der Waals surface area contributed by atoms with Crippen LogP contribution in [0.3, 0.4) is 0 Å². The predicted molar refractivity (Wildman–Crippen MR) is 58.3 cm³/mol. The Bertz CT molecular complexity index is 534. The van der Waals surface area contributed by atoms with E-state index in [4.69, 9.17) is 9.47 Å². The highest BCUT2D eigenvalue weighted by atomic mass is 19.1. The van der Waals surface area contributed by atoms with Gasteiger partial charge >= 0.3 is 6.01 Å². The Morgan fingerprint density at radius 1 is 1.12 bits per heavy atom. The van der Waals surface area contributed by atoms with E-state index in [-0.39, 0.29) is 17.5 Å². The minimum Gasteiger partial charge on any atom is -0.480 e. The zero-order valence-electron chi connectivity index (χ0n) is 9.35. The molecule has 0 fully saturated rings. The summed E-state index contributed by atoms with van der Waals surface area (Å²) in [5, 5.41) is 0. The van der Waals surface area contributed by atoms with Crippen LogP contribution in [0.4, 0.5) is 4.39 Å². The van der Waals surface area contributed by atoms with Gasteiger partial charge in [0.1, 0.15) is 0 Å². The first-order valence-electron chi connectivity index (χ1n) is 4.82. The number of methoxy groups -OCH3 is 2. The van der Waals surface area contributed by atoms with Crippen LogP contribution in [-0.2, 0) is 0 Å². The molecule has 0 aliphatic rings. The molecule has 0 saturated heterocycles. The van der Waals surface area contributed by atoms with Gasteiger partial charge in [0.05, 0.1) is 19.8 Å². The molecule has 0 atom stereocenters. The minimum absolute atomic E-state index is 0.162. The lowest BCUT2D eigenvalue weighted by Crippen LogP contribution is -1.99. The van der Waals surface area contributed by atoms with Crippen LogP contribution in [0.15, 0.2) is 24.5 Å². The van der Waals surface area contributed by atoms with Crippen molar-refractivity contribution in [3.63, 3.8) is 0 Å². The van der Waals surface area contributed by atoms with Gasteiger partial charge in [-0.2, -0.15) is 9.37 Å². The smallest absolute Gasteiger partial charge is 0.319 e. The zero-order valence-corrected chi connectivity index (χ0v) is 9.35. The van der Waals surface area contributed by atoms with Crippen molar-refractivity contribution in [2.24, 2.45) is 0 Å². The van der Waals surface area contributed by atoms with Crippen molar-refractivity contribution in [2.75, 3.05) is 14.2 Å². The molecule has 88 valence electrons. The van der Waals surface area contributed by atoms with Crippen molar-refractivity contribution in [3.8, 4) is 23.0 Å². The molecule has 17 heavy (non-hydrogen) atoms. The van der Waals surface area contributed by atoms with E-state index in [9.17, 15) is 4.39 Å². The molecule has 6 heteroatoms. The molecule has 2 heterocycles. The average Bonchev–Trinajstić information content (AvgIpc) is 2.38. The topological polar surface area (TPSA) is 57.1 Å². The third kappa shape index (κ3) is 2.15. The Morgan fingerprint density at radius 2 is 1.94 bits per heavy atom. The van der Waals surface area contributed by atoms with Crippen LogP contribution in [0.25, 0.3) is 11.1 Å². The monoisotopic (exact) mass is 235 g/mol. The highest BCUT2D eigenvalue weighted by Crippen LogP contribution is 2.29. The van der Waals surface area contributed by atoms with E-state index in [0.29, 0.717) is 5.56 Å². The number of nitrogens with zero attached hydrogens (tertiary/aromatic N) is 3. The van der Waals surface area contributed by atoms with Crippen LogP contribution in [0.2, 0.25) is 0 Å². The molecular weight excluding hydrogens is 225 g/mol. The van der Waals surface area contributed by atoms with Gasteiger partial charge in [-0.3, -0.25) is 0 Å². The summed E-state index contributed by atoms with van der Waals surface area (Å²) in [6.07, 6.45) is 2.81. The van der Waals surface area contributed by atoms with Gasteiger partial charge in [0.2, 0.25) is 11.8 Å². The maximum Gasteiger partial charge on any atom is 0.319 e. The highest BCUT2D eigenvalue weighted by molar-refractivity contribution is 5.67. The fourth-order valence-corrected chi connectivity index (χ4v) is 1.38. The Kier molecular flexibility index (Phi) is 3.13. The van der Waals surface area contributed by atoms with Crippen molar-refractivity contribution in [1.29, 1.82) is 0 Å².